The molecule has 0 saturated heterocycles. The average molecular weight is 413 g/mol. The maximum atomic E-state index is 13.3. The standard InChI is InChI=1S/C23H22F3N3O/c24-23(25,26)16-11-12-19(28-17-8-2-1-3-9-17)18(14-16)22(30)29-20-10-4-6-15-7-5-13-27-21(15)20/h4-7,10-14,17,28H,1-3,8-9H2,(H,29,30). The molecule has 2 aromatic carbocycles. The van der Waals surface area contributed by atoms with Crippen molar-refractivity contribution in [3.8, 4) is 0 Å². The van der Waals surface area contributed by atoms with Gasteiger partial charge >= 0.3 is 6.18 Å². The summed E-state index contributed by atoms with van der Waals surface area (Å²) < 4.78 is 39.9. The SMILES string of the molecule is O=C(Nc1cccc2cccnc12)c1cc(C(F)(F)F)ccc1NC1CCCCC1. The fourth-order valence-corrected chi connectivity index (χ4v) is 3.90. The quantitative estimate of drug-likeness (QED) is 0.532. The number of hydrogen-bond donors (Lipinski definition) is 2. The molecule has 1 fully saturated rings. The third-order valence-electron chi connectivity index (χ3n) is 5.44. The summed E-state index contributed by atoms with van der Waals surface area (Å²) >= 11 is 0. The lowest BCUT2D eigenvalue weighted by atomic mass is 9.95. The van der Waals surface area contributed by atoms with Gasteiger partial charge in [-0.25, -0.2) is 0 Å². The monoisotopic (exact) mass is 413 g/mol. The highest BCUT2D eigenvalue weighted by Crippen LogP contribution is 2.33. The van der Waals surface area contributed by atoms with Gasteiger partial charge in [-0.3, -0.25) is 9.78 Å². The molecule has 4 nitrogen and oxygen atoms in total. The Kier molecular flexibility index (Phi) is 5.61. The number of carbonyl (C=O) groups is 1. The van der Waals surface area contributed by atoms with Crippen LogP contribution >= 0.6 is 0 Å². The highest BCUT2D eigenvalue weighted by atomic mass is 19.4. The molecule has 4 rings (SSSR count). The van der Waals surface area contributed by atoms with Crippen LogP contribution in [0.15, 0.2) is 54.7 Å². The van der Waals surface area contributed by atoms with E-state index in [-0.39, 0.29) is 11.6 Å². The number of anilines is 2. The summed E-state index contributed by atoms with van der Waals surface area (Å²) in [5, 5.41) is 6.87. The van der Waals surface area contributed by atoms with Gasteiger partial charge in [0, 0.05) is 23.3 Å². The first-order valence-corrected chi connectivity index (χ1v) is 10.0. The Bertz CT molecular complexity index is 1050. The van der Waals surface area contributed by atoms with Crippen LogP contribution < -0.4 is 10.6 Å². The van der Waals surface area contributed by atoms with Crippen LogP contribution in [0, 0.1) is 0 Å². The van der Waals surface area contributed by atoms with Crippen molar-refractivity contribution < 1.29 is 18.0 Å². The smallest absolute Gasteiger partial charge is 0.382 e. The zero-order chi connectivity index (χ0) is 21.1. The summed E-state index contributed by atoms with van der Waals surface area (Å²) in [6, 6.07) is 12.4. The van der Waals surface area contributed by atoms with E-state index in [0.29, 0.717) is 16.9 Å². The van der Waals surface area contributed by atoms with E-state index in [2.05, 4.69) is 15.6 Å². The number of carbonyl (C=O) groups excluding carboxylic acids is 1. The van der Waals surface area contributed by atoms with E-state index in [4.69, 9.17) is 0 Å². The Balaban J connectivity index is 1.68. The predicted octanol–water partition coefficient (Wildman–Crippen LogP) is 6.25. The third kappa shape index (κ3) is 4.40. The van der Waals surface area contributed by atoms with Crippen LogP contribution in [0.4, 0.5) is 24.5 Å². The number of hydrogen-bond acceptors (Lipinski definition) is 3. The van der Waals surface area contributed by atoms with E-state index in [0.717, 1.165) is 49.6 Å². The van der Waals surface area contributed by atoms with Gasteiger partial charge in [-0.05, 0) is 43.2 Å². The molecule has 0 radical (unpaired) electrons. The molecule has 1 heterocycles. The summed E-state index contributed by atoms with van der Waals surface area (Å²) in [5.41, 5.74) is 0.586. The third-order valence-corrected chi connectivity index (χ3v) is 5.44. The minimum atomic E-state index is -4.53. The Hall–Kier alpha value is -3.09. The number of benzene rings is 2. The first kappa shape index (κ1) is 20.2. The minimum absolute atomic E-state index is 0.0247. The van der Waals surface area contributed by atoms with Crippen molar-refractivity contribution in [3.63, 3.8) is 0 Å². The molecular formula is C23H22F3N3O. The van der Waals surface area contributed by atoms with Crippen LogP contribution in [0.3, 0.4) is 0 Å². The van der Waals surface area contributed by atoms with Crippen LogP contribution in [0.5, 0.6) is 0 Å². The van der Waals surface area contributed by atoms with Gasteiger partial charge in [0.2, 0.25) is 0 Å². The summed E-state index contributed by atoms with van der Waals surface area (Å²) in [6.45, 7) is 0. The van der Waals surface area contributed by atoms with Crippen LogP contribution in [-0.4, -0.2) is 16.9 Å². The van der Waals surface area contributed by atoms with Gasteiger partial charge in [0.1, 0.15) is 0 Å². The number of para-hydroxylation sites is 1. The molecule has 1 aliphatic carbocycles. The summed E-state index contributed by atoms with van der Waals surface area (Å²) in [6.07, 6.45) is 2.26. The minimum Gasteiger partial charge on any atom is -0.382 e. The lowest BCUT2D eigenvalue weighted by Crippen LogP contribution is -2.25. The van der Waals surface area contributed by atoms with E-state index in [1.54, 1.807) is 24.4 Å². The molecule has 0 bridgehead atoms. The summed E-state index contributed by atoms with van der Waals surface area (Å²) in [5.74, 6) is -0.599. The first-order valence-electron chi connectivity index (χ1n) is 10.0. The molecule has 3 aromatic rings. The first-order chi connectivity index (χ1) is 14.4. The Labute approximate surface area is 172 Å². The maximum Gasteiger partial charge on any atom is 0.416 e. The second-order valence-corrected chi connectivity index (χ2v) is 7.57. The molecule has 1 aliphatic rings. The van der Waals surface area contributed by atoms with Crippen molar-refractivity contribution in [2.75, 3.05) is 10.6 Å². The van der Waals surface area contributed by atoms with Crippen LogP contribution in [-0.2, 0) is 6.18 Å². The lowest BCUT2D eigenvalue weighted by Gasteiger charge is -2.25. The van der Waals surface area contributed by atoms with Gasteiger partial charge in [-0.1, -0.05) is 37.5 Å². The van der Waals surface area contributed by atoms with E-state index in [1.807, 2.05) is 12.1 Å². The molecule has 0 unspecified atom stereocenters. The lowest BCUT2D eigenvalue weighted by molar-refractivity contribution is -0.137. The van der Waals surface area contributed by atoms with Gasteiger partial charge in [0.15, 0.2) is 0 Å². The molecule has 7 heteroatoms. The molecule has 0 spiro atoms. The number of rotatable bonds is 4. The molecular weight excluding hydrogens is 391 g/mol. The number of nitrogens with zero attached hydrogens (tertiary/aromatic N) is 1. The van der Waals surface area contributed by atoms with E-state index >= 15 is 0 Å². The van der Waals surface area contributed by atoms with E-state index in [9.17, 15) is 18.0 Å². The molecule has 1 amide bonds. The van der Waals surface area contributed by atoms with Crippen LogP contribution in [0.25, 0.3) is 10.9 Å². The molecule has 1 aromatic heterocycles. The highest BCUT2D eigenvalue weighted by Gasteiger charge is 2.32. The topological polar surface area (TPSA) is 54.0 Å². The Morgan fingerprint density at radius 3 is 2.50 bits per heavy atom. The average Bonchev–Trinajstić information content (AvgIpc) is 2.74. The molecule has 30 heavy (non-hydrogen) atoms. The predicted molar refractivity (Wildman–Crippen MR) is 112 cm³/mol. The number of nitrogens with one attached hydrogen (secondary N) is 2. The van der Waals surface area contributed by atoms with Gasteiger partial charge in [0.25, 0.3) is 5.91 Å². The molecule has 2 N–H and O–H groups in total. The Morgan fingerprint density at radius 1 is 0.967 bits per heavy atom. The fourth-order valence-electron chi connectivity index (χ4n) is 3.90. The van der Waals surface area contributed by atoms with Crippen LogP contribution in [0.1, 0.15) is 48.0 Å². The van der Waals surface area contributed by atoms with Gasteiger partial charge in [-0.15, -0.1) is 0 Å². The van der Waals surface area contributed by atoms with Crippen molar-refractivity contribution in [2.45, 2.75) is 44.3 Å². The summed E-state index contributed by atoms with van der Waals surface area (Å²) in [4.78, 5) is 17.3. The molecule has 0 aliphatic heterocycles. The van der Waals surface area contributed by atoms with Crippen LogP contribution in [0.2, 0.25) is 0 Å². The van der Waals surface area contributed by atoms with Crippen molar-refractivity contribution >= 4 is 28.2 Å². The molecule has 1 saturated carbocycles. The van der Waals surface area contributed by atoms with Gasteiger partial charge in [-0.2, -0.15) is 13.2 Å². The largest absolute Gasteiger partial charge is 0.416 e. The second-order valence-electron chi connectivity index (χ2n) is 7.57. The van der Waals surface area contributed by atoms with Crippen molar-refractivity contribution in [1.29, 1.82) is 0 Å². The van der Waals surface area contributed by atoms with E-state index < -0.39 is 17.6 Å². The van der Waals surface area contributed by atoms with Crippen molar-refractivity contribution in [1.82, 2.24) is 4.98 Å². The fraction of sp³-hybridized carbons (Fsp3) is 0.304. The number of halogens is 3. The molecule has 0 atom stereocenters. The van der Waals surface area contributed by atoms with E-state index in [1.165, 1.54) is 6.07 Å². The second kappa shape index (κ2) is 8.34. The van der Waals surface area contributed by atoms with Gasteiger partial charge < -0.3 is 10.6 Å². The zero-order valence-electron chi connectivity index (χ0n) is 16.3. The highest BCUT2D eigenvalue weighted by molar-refractivity contribution is 6.11. The number of pyridine rings is 1. The molecule has 156 valence electrons. The van der Waals surface area contributed by atoms with Crippen molar-refractivity contribution in [3.05, 3.63) is 65.9 Å². The number of alkyl halides is 3. The van der Waals surface area contributed by atoms with Gasteiger partial charge in [0.05, 0.1) is 22.3 Å². The number of fused-ring (bicyclic) bond motifs is 1. The zero-order valence-corrected chi connectivity index (χ0v) is 16.3. The van der Waals surface area contributed by atoms with Crippen molar-refractivity contribution in [2.24, 2.45) is 0 Å². The Morgan fingerprint density at radius 2 is 1.73 bits per heavy atom. The summed E-state index contributed by atoms with van der Waals surface area (Å²) in [7, 11) is 0. The normalized spacial score (nSPS) is 15.2. The number of aromatic nitrogens is 1. The maximum absolute atomic E-state index is 13.3. The number of amides is 1.